The molecule has 0 aromatic heterocycles. The van der Waals surface area contributed by atoms with E-state index in [-0.39, 0.29) is 11.9 Å². The Kier molecular flexibility index (Phi) is 7.20. The Hall–Kier alpha value is -2.21. The third kappa shape index (κ3) is 5.41. The molecule has 1 saturated heterocycles. The third-order valence-electron chi connectivity index (χ3n) is 5.24. The maximum absolute atomic E-state index is 13.3. The predicted molar refractivity (Wildman–Crippen MR) is 114 cm³/mol. The molecule has 150 valence electrons. The standard InChI is InChI=1S/C23H31N3O2/c1-18-15-19(2)17-21(16-18)24-23(27)22(20-7-5-4-6-8-20)26-11-9-25(10-12-26)13-14-28-3/h4-8,15-17,22H,9-14H2,1-3H3,(H,24,27)/t22-/m1/s1. The van der Waals surface area contributed by atoms with E-state index in [1.54, 1.807) is 7.11 Å². The number of rotatable bonds is 7. The van der Waals surface area contributed by atoms with Gasteiger partial charge in [0.1, 0.15) is 6.04 Å². The quantitative estimate of drug-likeness (QED) is 0.800. The fraction of sp³-hybridized carbons (Fsp3) is 0.435. The fourth-order valence-corrected chi connectivity index (χ4v) is 3.89. The van der Waals surface area contributed by atoms with E-state index in [9.17, 15) is 4.79 Å². The molecular formula is C23H31N3O2. The van der Waals surface area contributed by atoms with Crippen molar-refractivity contribution in [2.75, 3.05) is 51.8 Å². The molecule has 1 aliphatic heterocycles. The molecule has 0 saturated carbocycles. The van der Waals surface area contributed by atoms with E-state index in [0.717, 1.165) is 61.7 Å². The molecule has 3 rings (SSSR count). The highest BCUT2D eigenvalue weighted by atomic mass is 16.5. The number of aryl methyl sites for hydroxylation is 2. The number of amides is 1. The number of nitrogens with zero attached hydrogens (tertiary/aromatic N) is 2. The highest BCUT2D eigenvalue weighted by Crippen LogP contribution is 2.25. The van der Waals surface area contributed by atoms with Crippen LogP contribution in [0.25, 0.3) is 0 Å². The summed E-state index contributed by atoms with van der Waals surface area (Å²) in [7, 11) is 1.74. The highest BCUT2D eigenvalue weighted by Gasteiger charge is 2.30. The van der Waals surface area contributed by atoms with Gasteiger partial charge in [-0.05, 0) is 42.7 Å². The van der Waals surface area contributed by atoms with Gasteiger partial charge in [-0.15, -0.1) is 0 Å². The average Bonchev–Trinajstić information content (AvgIpc) is 2.67. The van der Waals surface area contributed by atoms with Gasteiger partial charge in [-0.2, -0.15) is 0 Å². The van der Waals surface area contributed by atoms with Gasteiger partial charge in [0, 0.05) is 45.5 Å². The maximum atomic E-state index is 13.3. The number of methoxy groups -OCH3 is 1. The molecule has 1 fully saturated rings. The van der Waals surface area contributed by atoms with Gasteiger partial charge in [-0.1, -0.05) is 36.4 Å². The van der Waals surface area contributed by atoms with Crippen LogP contribution in [0.2, 0.25) is 0 Å². The smallest absolute Gasteiger partial charge is 0.246 e. The molecule has 0 unspecified atom stereocenters. The molecule has 5 heteroatoms. The lowest BCUT2D eigenvalue weighted by molar-refractivity contribution is -0.122. The van der Waals surface area contributed by atoms with E-state index < -0.39 is 0 Å². The molecule has 5 nitrogen and oxygen atoms in total. The van der Waals surface area contributed by atoms with Crippen LogP contribution in [0.4, 0.5) is 5.69 Å². The van der Waals surface area contributed by atoms with Crippen molar-refractivity contribution in [1.82, 2.24) is 9.80 Å². The summed E-state index contributed by atoms with van der Waals surface area (Å²) in [6.45, 7) is 9.41. The van der Waals surface area contributed by atoms with Crippen molar-refractivity contribution in [1.29, 1.82) is 0 Å². The van der Waals surface area contributed by atoms with Gasteiger partial charge in [0.15, 0.2) is 0 Å². The zero-order chi connectivity index (χ0) is 19.9. The van der Waals surface area contributed by atoms with E-state index in [0.29, 0.717) is 0 Å². The van der Waals surface area contributed by atoms with Crippen LogP contribution < -0.4 is 5.32 Å². The fourth-order valence-electron chi connectivity index (χ4n) is 3.89. The molecule has 1 aliphatic rings. The van der Waals surface area contributed by atoms with Crippen LogP contribution in [0, 0.1) is 13.8 Å². The topological polar surface area (TPSA) is 44.8 Å². The van der Waals surface area contributed by atoms with E-state index >= 15 is 0 Å². The molecule has 1 amide bonds. The Morgan fingerprint density at radius 2 is 1.68 bits per heavy atom. The van der Waals surface area contributed by atoms with Crippen molar-refractivity contribution in [2.45, 2.75) is 19.9 Å². The molecule has 1 heterocycles. The number of carbonyl (C=O) groups excluding carboxylic acids is 1. The predicted octanol–water partition coefficient (Wildman–Crippen LogP) is 3.25. The van der Waals surface area contributed by atoms with Crippen LogP contribution in [0.15, 0.2) is 48.5 Å². The molecule has 2 aromatic rings. The maximum Gasteiger partial charge on any atom is 0.246 e. The van der Waals surface area contributed by atoms with Crippen LogP contribution in [-0.4, -0.2) is 62.1 Å². The zero-order valence-corrected chi connectivity index (χ0v) is 17.1. The lowest BCUT2D eigenvalue weighted by atomic mass is 10.0. The Balaban J connectivity index is 1.75. The number of nitrogens with one attached hydrogen (secondary N) is 1. The zero-order valence-electron chi connectivity index (χ0n) is 17.1. The van der Waals surface area contributed by atoms with E-state index in [2.05, 4.69) is 35.0 Å². The summed E-state index contributed by atoms with van der Waals surface area (Å²) in [6, 6.07) is 16.0. The minimum atomic E-state index is -0.286. The summed E-state index contributed by atoms with van der Waals surface area (Å²) in [4.78, 5) is 18.0. The molecule has 1 N–H and O–H groups in total. The number of benzene rings is 2. The van der Waals surface area contributed by atoms with Crippen molar-refractivity contribution < 1.29 is 9.53 Å². The van der Waals surface area contributed by atoms with Crippen molar-refractivity contribution in [3.05, 3.63) is 65.2 Å². The summed E-state index contributed by atoms with van der Waals surface area (Å²) < 4.78 is 5.19. The average molecular weight is 382 g/mol. The molecular weight excluding hydrogens is 350 g/mol. The molecule has 0 spiro atoms. The first-order valence-electron chi connectivity index (χ1n) is 9.96. The van der Waals surface area contributed by atoms with Gasteiger partial charge in [0.2, 0.25) is 5.91 Å². The molecule has 1 atom stereocenters. The monoisotopic (exact) mass is 381 g/mol. The number of ether oxygens (including phenoxy) is 1. The van der Waals surface area contributed by atoms with Crippen molar-refractivity contribution in [3.63, 3.8) is 0 Å². The van der Waals surface area contributed by atoms with Gasteiger partial charge >= 0.3 is 0 Å². The minimum absolute atomic E-state index is 0.0292. The highest BCUT2D eigenvalue weighted by molar-refractivity contribution is 5.95. The number of hydrogen-bond acceptors (Lipinski definition) is 4. The Morgan fingerprint density at radius 1 is 1.04 bits per heavy atom. The summed E-state index contributed by atoms with van der Waals surface area (Å²) in [6.07, 6.45) is 0. The van der Waals surface area contributed by atoms with Crippen molar-refractivity contribution in [3.8, 4) is 0 Å². The third-order valence-corrected chi connectivity index (χ3v) is 5.24. The lowest BCUT2D eigenvalue weighted by Gasteiger charge is -2.38. The van der Waals surface area contributed by atoms with E-state index in [1.165, 1.54) is 0 Å². The van der Waals surface area contributed by atoms with Crippen LogP contribution in [-0.2, 0) is 9.53 Å². The van der Waals surface area contributed by atoms with Gasteiger partial charge in [-0.25, -0.2) is 0 Å². The Morgan fingerprint density at radius 3 is 2.29 bits per heavy atom. The van der Waals surface area contributed by atoms with Gasteiger partial charge in [-0.3, -0.25) is 14.6 Å². The van der Waals surface area contributed by atoms with E-state index in [4.69, 9.17) is 4.74 Å². The van der Waals surface area contributed by atoms with Gasteiger partial charge in [0.05, 0.1) is 6.61 Å². The SMILES string of the molecule is COCCN1CCN([C@@H](C(=O)Nc2cc(C)cc(C)c2)c2ccccc2)CC1. The number of carbonyl (C=O) groups is 1. The molecule has 0 aliphatic carbocycles. The summed E-state index contributed by atoms with van der Waals surface area (Å²) in [5, 5.41) is 3.15. The van der Waals surface area contributed by atoms with Crippen LogP contribution in [0.1, 0.15) is 22.7 Å². The normalized spacial score (nSPS) is 16.7. The van der Waals surface area contributed by atoms with Crippen LogP contribution in [0.3, 0.4) is 0 Å². The summed E-state index contributed by atoms with van der Waals surface area (Å²) in [5.41, 5.74) is 4.20. The first-order chi connectivity index (χ1) is 13.6. The molecule has 0 bridgehead atoms. The van der Waals surface area contributed by atoms with E-state index in [1.807, 2.05) is 42.5 Å². The molecule has 28 heavy (non-hydrogen) atoms. The largest absolute Gasteiger partial charge is 0.383 e. The first kappa shape index (κ1) is 20.5. The van der Waals surface area contributed by atoms with Gasteiger partial charge < -0.3 is 10.1 Å². The van der Waals surface area contributed by atoms with Gasteiger partial charge in [0.25, 0.3) is 0 Å². The summed E-state index contributed by atoms with van der Waals surface area (Å²) in [5.74, 6) is 0.0292. The first-order valence-corrected chi connectivity index (χ1v) is 9.96. The lowest BCUT2D eigenvalue weighted by Crippen LogP contribution is -2.50. The molecule has 0 radical (unpaired) electrons. The van der Waals surface area contributed by atoms with Crippen molar-refractivity contribution in [2.24, 2.45) is 0 Å². The molecule has 2 aromatic carbocycles. The van der Waals surface area contributed by atoms with Crippen molar-refractivity contribution >= 4 is 11.6 Å². The number of piperazine rings is 1. The van der Waals surface area contributed by atoms with Crippen LogP contribution in [0.5, 0.6) is 0 Å². The second-order valence-electron chi connectivity index (χ2n) is 7.55. The number of hydrogen-bond donors (Lipinski definition) is 1. The Bertz CT molecular complexity index is 750. The minimum Gasteiger partial charge on any atom is -0.383 e. The second-order valence-corrected chi connectivity index (χ2v) is 7.55. The Labute approximate surface area is 168 Å². The van der Waals surface area contributed by atoms with Crippen LogP contribution >= 0.6 is 0 Å². The second kappa shape index (κ2) is 9.82. The summed E-state index contributed by atoms with van der Waals surface area (Å²) >= 11 is 0. The number of anilines is 1.